The zero-order valence-corrected chi connectivity index (χ0v) is 12.4. The van der Waals surface area contributed by atoms with Crippen molar-refractivity contribution in [3.63, 3.8) is 0 Å². The summed E-state index contributed by atoms with van der Waals surface area (Å²) in [6.45, 7) is 7.74. The molecule has 0 spiro atoms. The third kappa shape index (κ3) is 3.07. The van der Waals surface area contributed by atoms with Crippen molar-refractivity contribution in [2.45, 2.75) is 33.7 Å². The second-order valence-electron chi connectivity index (χ2n) is 5.30. The third-order valence-corrected chi connectivity index (χ3v) is 3.75. The van der Waals surface area contributed by atoms with Crippen molar-refractivity contribution < 1.29 is 14.8 Å². The van der Waals surface area contributed by atoms with Gasteiger partial charge in [0.05, 0.1) is 16.1 Å². The molecule has 1 aromatic carbocycles. The van der Waals surface area contributed by atoms with E-state index in [1.54, 1.807) is 6.92 Å². The topological polar surface area (TPSA) is 83.7 Å². The minimum absolute atomic E-state index is 0.0693. The lowest BCUT2D eigenvalue weighted by molar-refractivity contribution is -0.385. The summed E-state index contributed by atoms with van der Waals surface area (Å²) >= 11 is 0. The van der Waals surface area contributed by atoms with Crippen LogP contribution in [0.1, 0.15) is 36.7 Å². The molecule has 0 aliphatic rings. The minimum Gasteiger partial charge on any atom is -0.478 e. The van der Waals surface area contributed by atoms with Crippen LogP contribution in [-0.4, -0.2) is 29.1 Å². The normalized spacial score (nSPS) is 12.3. The first-order valence-corrected chi connectivity index (χ1v) is 6.42. The maximum atomic E-state index is 11.1. The molecule has 0 amide bonds. The molecule has 1 unspecified atom stereocenters. The summed E-state index contributed by atoms with van der Waals surface area (Å²) in [5, 5.41) is 20.2. The van der Waals surface area contributed by atoms with Crippen molar-refractivity contribution >= 4 is 17.3 Å². The molecular weight excluding hydrogens is 260 g/mol. The molecule has 0 fully saturated rings. The van der Waals surface area contributed by atoms with Crippen LogP contribution in [0.15, 0.2) is 12.1 Å². The molecule has 0 aliphatic heterocycles. The average molecular weight is 280 g/mol. The van der Waals surface area contributed by atoms with E-state index in [0.29, 0.717) is 17.2 Å². The Balaban J connectivity index is 3.45. The lowest BCUT2D eigenvalue weighted by Crippen LogP contribution is -2.33. The summed E-state index contributed by atoms with van der Waals surface area (Å²) in [4.78, 5) is 23.5. The van der Waals surface area contributed by atoms with Gasteiger partial charge in [0, 0.05) is 24.8 Å². The average Bonchev–Trinajstić information content (AvgIpc) is 2.36. The number of hydrogen-bond acceptors (Lipinski definition) is 4. The fraction of sp³-hybridized carbons (Fsp3) is 0.500. The highest BCUT2D eigenvalue weighted by Gasteiger charge is 2.23. The Labute approximate surface area is 118 Å². The van der Waals surface area contributed by atoms with Gasteiger partial charge in [-0.1, -0.05) is 13.8 Å². The highest BCUT2D eigenvalue weighted by molar-refractivity contribution is 5.90. The second kappa shape index (κ2) is 5.90. The molecule has 0 saturated carbocycles. The monoisotopic (exact) mass is 280 g/mol. The Hall–Kier alpha value is -2.11. The summed E-state index contributed by atoms with van der Waals surface area (Å²) in [6, 6.07) is 2.73. The largest absolute Gasteiger partial charge is 0.478 e. The molecule has 0 bridgehead atoms. The number of anilines is 1. The number of nitrogens with zero attached hydrogens (tertiary/aromatic N) is 2. The molecule has 0 aliphatic carbocycles. The predicted molar refractivity (Wildman–Crippen MR) is 77.5 cm³/mol. The lowest BCUT2D eigenvalue weighted by atomic mass is 10.0. The van der Waals surface area contributed by atoms with Crippen molar-refractivity contribution in [3.05, 3.63) is 33.4 Å². The molecule has 6 heteroatoms. The van der Waals surface area contributed by atoms with E-state index in [4.69, 9.17) is 5.11 Å². The Kier molecular flexibility index (Phi) is 4.70. The molecule has 0 radical (unpaired) electrons. The van der Waals surface area contributed by atoms with Crippen LogP contribution in [0.5, 0.6) is 0 Å². The highest BCUT2D eigenvalue weighted by atomic mass is 16.6. The number of aromatic carboxylic acids is 1. The molecule has 1 aromatic rings. The first-order valence-electron chi connectivity index (χ1n) is 6.42. The van der Waals surface area contributed by atoms with Crippen LogP contribution in [0.3, 0.4) is 0 Å². The van der Waals surface area contributed by atoms with Gasteiger partial charge in [-0.15, -0.1) is 0 Å². The molecule has 0 heterocycles. The molecule has 1 atom stereocenters. The van der Waals surface area contributed by atoms with Gasteiger partial charge in [0.15, 0.2) is 0 Å². The summed E-state index contributed by atoms with van der Waals surface area (Å²) in [6.07, 6.45) is 0. The maximum absolute atomic E-state index is 11.1. The van der Waals surface area contributed by atoms with Gasteiger partial charge < -0.3 is 10.0 Å². The number of carbonyl (C=O) groups is 1. The van der Waals surface area contributed by atoms with Gasteiger partial charge >= 0.3 is 5.97 Å². The number of nitro benzene ring substituents is 1. The lowest BCUT2D eigenvalue weighted by Gasteiger charge is -2.31. The Morgan fingerprint density at radius 1 is 1.35 bits per heavy atom. The van der Waals surface area contributed by atoms with E-state index in [1.165, 1.54) is 6.07 Å². The molecule has 0 aromatic heterocycles. The van der Waals surface area contributed by atoms with E-state index in [-0.39, 0.29) is 17.3 Å². The van der Waals surface area contributed by atoms with Gasteiger partial charge in [-0.25, -0.2) is 4.79 Å². The molecule has 20 heavy (non-hydrogen) atoms. The highest BCUT2D eigenvalue weighted by Crippen LogP contribution is 2.32. The van der Waals surface area contributed by atoms with Crippen LogP contribution >= 0.6 is 0 Å². The van der Waals surface area contributed by atoms with E-state index in [1.807, 2.05) is 32.7 Å². The quantitative estimate of drug-likeness (QED) is 0.662. The standard InChI is InChI=1S/C14H20N2O4/c1-8(2)10(4)15(5)12-6-11(14(17)18)7-13(9(12)3)16(19)20/h6-8,10H,1-5H3,(H,17,18). The number of benzene rings is 1. The van der Waals surface area contributed by atoms with Gasteiger partial charge in [-0.3, -0.25) is 10.1 Å². The summed E-state index contributed by atoms with van der Waals surface area (Å²) < 4.78 is 0. The number of rotatable bonds is 5. The molecule has 110 valence electrons. The predicted octanol–water partition coefficient (Wildman–Crippen LogP) is 3.08. The van der Waals surface area contributed by atoms with Crippen molar-refractivity contribution in [2.75, 3.05) is 11.9 Å². The van der Waals surface area contributed by atoms with Gasteiger partial charge in [0.2, 0.25) is 0 Å². The van der Waals surface area contributed by atoms with Crippen LogP contribution in [0.4, 0.5) is 11.4 Å². The van der Waals surface area contributed by atoms with E-state index in [2.05, 4.69) is 0 Å². The fourth-order valence-corrected chi connectivity index (χ4v) is 2.03. The zero-order chi connectivity index (χ0) is 15.6. The first-order chi connectivity index (χ1) is 9.16. The fourth-order valence-electron chi connectivity index (χ4n) is 2.03. The van der Waals surface area contributed by atoms with Gasteiger partial charge in [-0.2, -0.15) is 0 Å². The van der Waals surface area contributed by atoms with Crippen LogP contribution in [0.25, 0.3) is 0 Å². The number of hydrogen-bond donors (Lipinski definition) is 1. The number of carboxylic acids is 1. The number of carboxylic acid groups (broad SMARTS) is 1. The van der Waals surface area contributed by atoms with E-state index < -0.39 is 10.9 Å². The van der Waals surface area contributed by atoms with Gasteiger partial charge in [0.25, 0.3) is 5.69 Å². The maximum Gasteiger partial charge on any atom is 0.336 e. The number of nitro groups is 1. The molecule has 1 rings (SSSR count). The van der Waals surface area contributed by atoms with Crippen molar-refractivity contribution in [3.8, 4) is 0 Å². The zero-order valence-electron chi connectivity index (χ0n) is 12.4. The third-order valence-electron chi connectivity index (χ3n) is 3.75. The SMILES string of the molecule is Cc1c(N(C)C(C)C(C)C)cc(C(=O)O)cc1[N+](=O)[O-]. The van der Waals surface area contributed by atoms with Crippen molar-refractivity contribution in [2.24, 2.45) is 5.92 Å². The summed E-state index contributed by atoms with van der Waals surface area (Å²) in [5.74, 6) is -0.827. The van der Waals surface area contributed by atoms with Crippen LogP contribution in [0, 0.1) is 23.0 Å². The van der Waals surface area contributed by atoms with Crippen molar-refractivity contribution in [1.29, 1.82) is 0 Å². The smallest absolute Gasteiger partial charge is 0.336 e. The van der Waals surface area contributed by atoms with Crippen LogP contribution < -0.4 is 4.90 Å². The summed E-state index contributed by atoms with van der Waals surface area (Å²) in [7, 11) is 1.82. The second-order valence-corrected chi connectivity index (χ2v) is 5.30. The van der Waals surface area contributed by atoms with Crippen molar-refractivity contribution in [1.82, 2.24) is 0 Å². The first kappa shape index (κ1) is 15.9. The molecule has 0 saturated heterocycles. The molecule has 6 nitrogen and oxygen atoms in total. The van der Waals surface area contributed by atoms with Gasteiger partial charge in [0.1, 0.15) is 0 Å². The van der Waals surface area contributed by atoms with E-state index in [9.17, 15) is 14.9 Å². The Morgan fingerprint density at radius 2 is 1.90 bits per heavy atom. The summed E-state index contributed by atoms with van der Waals surface area (Å²) in [5.41, 5.74) is 0.829. The van der Waals surface area contributed by atoms with Gasteiger partial charge in [-0.05, 0) is 25.8 Å². The molecular formula is C14H20N2O4. The Bertz CT molecular complexity index is 540. The van der Waals surface area contributed by atoms with E-state index >= 15 is 0 Å². The molecule has 1 N–H and O–H groups in total. The van der Waals surface area contributed by atoms with Crippen LogP contribution in [-0.2, 0) is 0 Å². The Morgan fingerprint density at radius 3 is 2.30 bits per heavy atom. The van der Waals surface area contributed by atoms with Crippen LogP contribution in [0.2, 0.25) is 0 Å². The van der Waals surface area contributed by atoms with E-state index in [0.717, 1.165) is 6.07 Å². The minimum atomic E-state index is -1.17.